The Morgan fingerprint density at radius 3 is 2.52 bits per heavy atom. The van der Waals surface area contributed by atoms with Gasteiger partial charge in [-0.3, -0.25) is 4.98 Å². The maximum Gasteiger partial charge on any atom is 0.241 e. The molecule has 0 radical (unpaired) electrons. The summed E-state index contributed by atoms with van der Waals surface area (Å²) in [7, 11) is -3.55. The maximum atomic E-state index is 12.5. The van der Waals surface area contributed by atoms with Crippen molar-refractivity contribution in [1.29, 1.82) is 0 Å². The molecule has 1 heterocycles. The van der Waals surface area contributed by atoms with Gasteiger partial charge in [-0.1, -0.05) is 42.5 Å². The lowest BCUT2D eigenvalue weighted by Crippen LogP contribution is -2.31. The van der Waals surface area contributed by atoms with Crippen molar-refractivity contribution in [2.45, 2.75) is 11.4 Å². The molecule has 3 rings (SSSR count). The van der Waals surface area contributed by atoms with Crippen molar-refractivity contribution in [3.05, 3.63) is 72.6 Å². The Morgan fingerprint density at radius 1 is 0.920 bits per heavy atom. The molecule has 0 spiro atoms. The average Bonchev–Trinajstić information content (AvgIpc) is 2.62. The van der Waals surface area contributed by atoms with Gasteiger partial charge < -0.3 is 5.32 Å². The lowest BCUT2D eigenvalue weighted by molar-refractivity contribution is 0.577. The zero-order valence-electron chi connectivity index (χ0n) is 13.6. The SMILES string of the molecule is Cl.O=S(=O)(NCCNCc1ccccc1)c1cccc2cnccc12. The Labute approximate surface area is 153 Å². The predicted molar refractivity (Wildman–Crippen MR) is 102 cm³/mol. The summed E-state index contributed by atoms with van der Waals surface area (Å²) in [6.07, 6.45) is 3.26. The maximum absolute atomic E-state index is 12.5. The van der Waals surface area contributed by atoms with Crippen LogP contribution in [0, 0.1) is 0 Å². The van der Waals surface area contributed by atoms with Gasteiger partial charge in [0.1, 0.15) is 0 Å². The molecule has 0 amide bonds. The first-order valence-electron chi connectivity index (χ1n) is 7.74. The molecule has 0 aliphatic carbocycles. The third-order valence-electron chi connectivity index (χ3n) is 3.70. The van der Waals surface area contributed by atoms with Gasteiger partial charge in [0.15, 0.2) is 0 Å². The van der Waals surface area contributed by atoms with E-state index < -0.39 is 10.0 Å². The van der Waals surface area contributed by atoms with Crippen LogP contribution in [0.15, 0.2) is 71.9 Å². The standard InChI is InChI=1S/C18H19N3O2S.ClH/c22-24(23,18-8-4-7-16-14-19-10-9-17(16)18)21-12-11-20-13-15-5-2-1-3-6-15;/h1-10,14,20-21H,11-13H2;1H. The number of aromatic nitrogens is 1. The van der Waals surface area contributed by atoms with Gasteiger partial charge in [-0.15, -0.1) is 12.4 Å². The molecule has 25 heavy (non-hydrogen) atoms. The molecule has 0 atom stereocenters. The minimum absolute atomic E-state index is 0. The number of nitrogens with zero attached hydrogens (tertiary/aromatic N) is 1. The van der Waals surface area contributed by atoms with Crippen molar-refractivity contribution in [3.63, 3.8) is 0 Å². The van der Waals surface area contributed by atoms with Crippen molar-refractivity contribution >= 4 is 33.2 Å². The first kappa shape index (κ1) is 19.3. The van der Waals surface area contributed by atoms with Crippen LogP contribution >= 0.6 is 12.4 Å². The first-order valence-corrected chi connectivity index (χ1v) is 9.22. The number of halogens is 1. The largest absolute Gasteiger partial charge is 0.311 e. The molecule has 3 aromatic rings. The van der Waals surface area contributed by atoms with E-state index in [-0.39, 0.29) is 17.3 Å². The Morgan fingerprint density at radius 2 is 1.72 bits per heavy atom. The molecule has 0 aliphatic rings. The molecule has 0 saturated heterocycles. The lowest BCUT2D eigenvalue weighted by Gasteiger charge is -2.10. The van der Waals surface area contributed by atoms with E-state index in [9.17, 15) is 8.42 Å². The van der Waals surface area contributed by atoms with E-state index >= 15 is 0 Å². The molecule has 132 valence electrons. The number of benzene rings is 2. The molecule has 7 heteroatoms. The average molecular weight is 378 g/mol. The van der Waals surface area contributed by atoms with Gasteiger partial charge in [-0.2, -0.15) is 0 Å². The van der Waals surface area contributed by atoms with Crippen molar-refractivity contribution in [2.24, 2.45) is 0 Å². The van der Waals surface area contributed by atoms with Gasteiger partial charge in [0.05, 0.1) is 4.90 Å². The van der Waals surface area contributed by atoms with Gasteiger partial charge in [0.25, 0.3) is 0 Å². The summed E-state index contributed by atoms with van der Waals surface area (Å²) in [5.74, 6) is 0. The van der Waals surface area contributed by atoms with Gasteiger partial charge in [-0.25, -0.2) is 13.1 Å². The van der Waals surface area contributed by atoms with Gasteiger partial charge in [-0.05, 0) is 17.7 Å². The number of rotatable bonds is 7. The van der Waals surface area contributed by atoms with Crippen LogP contribution in [-0.2, 0) is 16.6 Å². The Hall–Kier alpha value is -1.99. The summed E-state index contributed by atoms with van der Waals surface area (Å²) >= 11 is 0. The molecule has 0 fully saturated rings. The summed E-state index contributed by atoms with van der Waals surface area (Å²) in [5.41, 5.74) is 1.17. The molecular formula is C18H20ClN3O2S. The lowest BCUT2D eigenvalue weighted by atomic mass is 10.2. The number of hydrogen-bond acceptors (Lipinski definition) is 4. The van der Waals surface area contributed by atoms with Crippen LogP contribution in [0.4, 0.5) is 0 Å². The van der Waals surface area contributed by atoms with E-state index in [2.05, 4.69) is 15.0 Å². The fourth-order valence-corrected chi connectivity index (χ4v) is 3.77. The highest BCUT2D eigenvalue weighted by molar-refractivity contribution is 7.89. The second kappa shape index (κ2) is 8.92. The Bertz CT molecular complexity index is 913. The zero-order chi connectivity index (χ0) is 16.8. The van der Waals surface area contributed by atoms with Crippen LogP contribution in [0.1, 0.15) is 5.56 Å². The Kier molecular flexibility index (Phi) is 6.90. The second-order valence-electron chi connectivity index (χ2n) is 5.41. The van der Waals surface area contributed by atoms with Crippen LogP contribution in [0.3, 0.4) is 0 Å². The highest BCUT2D eigenvalue weighted by Crippen LogP contribution is 2.21. The number of pyridine rings is 1. The summed E-state index contributed by atoms with van der Waals surface area (Å²) < 4.78 is 27.7. The molecule has 0 aliphatic heterocycles. The van der Waals surface area contributed by atoms with E-state index in [0.29, 0.717) is 25.0 Å². The predicted octanol–water partition coefficient (Wildman–Crippen LogP) is 2.72. The van der Waals surface area contributed by atoms with Crippen LogP contribution in [0.5, 0.6) is 0 Å². The highest BCUT2D eigenvalue weighted by Gasteiger charge is 2.16. The van der Waals surface area contributed by atoms with Gasteiger partial charge in [0.2, 0.25) is 10.0 Å². The number of sulfonamides is 1. The fraction of sp³-hybridized carbons (Fsp3) is 0.167. The van der Waals surface area contributed by atoms with Gasteiger partial charge in [0, 0.05) is 42.8 Å². The summed E-state index contributed by atoms with van der Waals surface area (Å²) in [6, 6.07) is 16.9. The smallest absolute Gasteiger partial charge is 0.241 e. The molecule has 1 aromatic heterocycles. The normalized spacial score (nSPS) is 11.2. The first-order chi connectivity index (χ1) is 11.7. The van der Waals surface area contributed by atoms with Crippen LogP contribution in [-0.4, -0.2) is 26.5 Å². The van der Waals surface area contributed by atoms with Crippen LogP contribution < -0.4 is 10.0 Å². The van der Waals surface area contributed by atoms with Crippen LogP contribution in [0.2, 0.25) is 0 Å². The molecular weight excluding hydrogens is 358 g/mol. The minimum atomic E-state index is -3.55. The summed E-state index contributed by atoms with van der Waals surface area (Å²) in [4.78, 5) is 4.31. The summed E-state index contributed by atoms with van der Waals surface area (Å²) in [6.45, 7) is 1.60. The van der Waals surface area contributed by atoms with E-state index in [1.807, 2.05) is 36.4 Å². The molecule has 0 unspecified atom stereocenters. The van der Waals surface area contributed by atoms with Crippen molar-refractivity contribution in [3.8, 4) is 0 Å². The molecule has 0 bridgehead atoms. The molecule has 2 aromatic carbocycles. The van der Waals surface area contributed by atoms with E-state index in [0.717, 1.165) is 5.39 Å². The van der Waals surface area contributed by atoms with E-state index in [1.165, 1.54) is 5.56 Å². The quantitative estimate of drug-likeness (QED) is 0.621. The fourth-order valence-electron chi connectivity index (χ4n) is 2.51. The second-order valence-corrected chi connectivity index (χ2v) is 7.15. The third-order valence-corrected chi connectivity index (χ3v) is 5.22. The van der Waals surface area contributed by atoms with Crippen molar-refractivity contribution < 1.29 is 8.42 Å². The van der Waals surface area contributed by atoms with E-state index in [1.54, 1.807) is 30.6 Å². The van der Waals surface area contributed by atoms with Crippen LogP contribution in [0.25, 0.3) is 10.8 Å². The number of nitrogens with one attached hydrogen (secondary N) is 2. The minimum Gasteiger partial charge on any atom is -0.311 e. The van der Waals surface area contributed by atoms with Crippen molar-refractivity contribution in [1.82, 2.24) is 15.0 Å². The zero-order valence-corrected chi connectivity index (χ0v) is 15.2. The summed E-state index contributed by atoms with van der Waals surface area (Å²) in [5, 5.41) is 4.71. The molecule has 0 saturated carbocycles. The highest BCUT2D eigenvalue weighted by atomic mass is 35.5. The number of fused-ring (bicyclic) bond motifs is 1. The van der Waals surface area contributed by atoms with Gasteiger partial charge >= 0.3 is 0 Å². The monoisotopic (exact) mass is 377 g/mol. The molecule has 5 nitrogen and oxygen atoms in total. The molecule has 2 N–H and O–H groups in total. The third kappa shape index (κ3) is 4.99. The van der Waals surface area contributed by atoms with E-state index in [4.69, 9.17) is 0 Å². The number of hydrogen-bond donors (Lipinski definition) is 2. The topological polar surface area (TPSA) is 71.1 Å². The van der Waals surface area contributed by atoms with Crippen molar-refractivity contribution in [2.75, 3.05) is 13.1 Å². The Balaban J connectivity index is 0.00000225.